The molecule has 0 aliphatic heterocycles. The Morgan fingerprint density at radius 3 is 2.47 bits per heavy atom. The van der Waals surface area contributed by atoms with E-state index in [1.165, 1.54) is 19.3 Å². The summed E-state index contributed by atoms with van der Waals surface area (Å²) < 4.78 is 6.57. The Labute approximate surface area is 108 Å². The number of allylic oxidation sites excluding steroid dienone is 2. The van der Waals surface area contributed by atoms with Gasteiger partial charge >= 0.3 is 0 Å². The lowest BCUT2D eigenvalue weighted by molar-refractivity contribution is 0.177. The van der Waals surface area contributed by atoms with E-state index in [-0.39, 0.29) is 0 Å². The van der Waals surface area contributed by atoms with Crippen LogP contribution < -0.4 is 0 Å². The van der Waals surface area contributed by atoms with Crippen molar-refractivity contribution in [1.29, 1.82) is 0 Å². The van der Waals surface area contributed by atoms with Crippen LogP contribution in [0.15, 0.2) is 12.2 Å². The molecule has 0 aromatic rings. The van der Waals surface area contributed by atoms with Crippen molar-refractivity contribution in [2.45, 2.75) is 71.2 Å². The largest absolute Gasteiger partial charge is 0.414 e. The summed E-state index contributed by atoms with van der Waals surface area (Å²) in [6.07, 6.45) is 9.10. The van der Waals surface area contributed by atoms with Crippen LogP contribution in [0.3, 0.4) is 0 Å². The first-order valence-corrected chi connectivity index (χ1v) is 9.90. The van der Waals surface area contributed by atoms with Gasteiger partial charge in [0.05, 0.1) is 0 Å². The smallest absolute Gasteiger partial charge is 0.192 e. The molecular weight excluding hydrogens is 224 g/mol. The maximum absolute atomic E-state index is 6.57. The molecule has 1 saturated carbocycles. The molecule has 0 N–H and O–H groups in total. The van der Waals surface area contributed by atoms with Gasteiger partial charge in [-0.2, -0.15) is 0 Å². The topological polar surface area (TPSA) is 9.23 Å². The number of hydrogen-bond donors (Lipinski definition) is 0. The quantitative estimate of drug-likeness (QED) is 0.509. The summed E-state index contributed by atoms with van der Waals surface area (Å²) >= 11 is 0. The molecular formula is C15H28OSi. The van der Waals surface area contributed by atoms with Gasteiger partial charge < -0.3 is 4.43 Å². The summed E-state index contributed by atoms with van der Waals surface area (Å²) in [5.41, 5.74) is 0.438. The zero-order chi connectivity index (χ0) is 12.9. The van der Waals surface area contributed by atoms with Gasteiger partial charge in [-0.05, 0) is 48.7 Å². The van der Waals surface area contributed by atoms with E-state index < -0.39 is 8.32 Å². The zero-order valence-corrected chi connectivity index (χ0v) is 13.3. The monoisotopic (exact) mass is 252 g/mol. The van der Waals surface area contributed by atoms with Crippen molar-refractivity contribution in [3.63, 3.8) is 0 Å². The number of rotatable bonds is 2. The first kappa shape index (κ1) is 13.4. The molecule has 1 fully saturated rings. The van der Waals surface area contributed by atoms with Gasteiger partial charge in [0.15, 0.2) is 8.32 Å². The Kier molecular flexibility index (Phi) is 3.11. The van der Waals surface area contributed by atoms with Crippen molar-refractivity contribution in [1.82, 2.24) is 0 Å². The summed E-state index contributed by atoms with van der Waals surface area (Å²) in [5.74, 6) is 0.845. The van der Waals surface area contributed by atoms with Crippen molar-refractivity contribution in [3.05, 3.63) is 12.2 Å². The average molecular weight is 252 g/mol. The van der Waals surface area contributed by atoms with Gasteiger partial charge in [0.2, 0.25) is 0 Å². The Morgan fingerprint density at radius 2 is 1.94 bits per heavy atom. The molecule has 98 valence electrons. The van der Waals surface area contributed by atoms with Gasteiger partial charge in [0, 0.05) is 6.10 Å². The molecule has 0 saturated heterocycles. The van der Waals surface area contributed by atoms with Crippen molar-refractivity contribution in [2.24, 2.45) is 11.3 Å². The van der Waals surface area contributed by atoms with E-state index in [9.17, 15) is 0 Å². The van der Waals surface area contributed by atoms with E-state index in [0.29, 0.717) is 16.6 Å². The van der Waals surface area contributed by atoms with Gasteiger partial charge in [-0.3, -0.25) is 0 Å². The molecule has 0 heterocycles. The van der Waals surface area contributed by atoms with E-state index >= 15 is 0 Å². The highest BCUT2D eigenvalue weighted by molar-refractivity contribution is 6.74. The maximum Gasteiger partial charge on any atom is 0.192 e. The van der Waals surface area contributed by atoms with Gasteiger partial charge in [-0.25, -0.2) is 0 Å². The molecule has 0 aromatic heterocycles. The van der Waals surface area contributed by atoms with Crippen LogP contribution in [0.2, 0.25) is 18.1 Å². The first-order valence-electron chi connectivity index (χ1n) is 7.00. The Bertz CT molecular complexity index is 326. The van der Waals surface area contributed by atoms with Crippen molar-refractivity contribution < 1.29 is 4.43 Å². The highest BCUT2D eigenvalue weighted by Crippen LogP contribution is 2.52. The predicted octanol–water partition coefficient (Wildman–Crippen LogP) is 4.75. The van der Waals surface area contributed by atoms with E-state index in [2.05, 4.69) is 52.9 Å². The summed E-state index contributed by atoms with van der Waals surface area (Å²) in [6, 6.07) is 0. The van der Waals surface area contributed by atoms with Crippen LogP contribution in [-0.2, 0) is 4.43 Å². The van der Waals surface area contributed by atoms with Crippen LogP contribution >= 0.6 is 0 Å². The van der Waals surface area contributed by atoms with Crippen LogP contribution in [-0.4, -0.2) is 14.4 Å². The number of fused-ring (bicyclic) bond motifs is 1. The van der Waals surface area contributed by atoms with Gasteiger partial charge in [-0.15, -0.1) is 0 Å². The Morgan fingerprint density at radius 1 is 1.29 bits per heavy atom. The van der Waals surface area contributed by atoms with Crippen molar-refractivity contribution in [3.8, 4) is 0 Å². The third-order valence-corrected chi connectivity index (χ3v) is 9.87. The fourth-order valence-electron chi connectivity index (χ4n) is 3.08. The molecule has 2 aliphatic carbocycles. The molecule has 0 amide bonds. The Hall–Kier alpha value is -0.0831. The maximum atomic E-state index is 6.57. The minimum Gasteiger partial charge on any atom is -0.414 e. The lowest BCUT2D eigenvalue weighted by Gasteiger charge is -2.38. The van der Waals surface area contributed by atoms with Crippen molar-refractivity contribution >= 4 is 8.32 Å². The van der Waals surface area contributed by atoms with E-state index in [4.69, 9.17) is 4.43 Å². The fourth-order valence-corrected chi connectivity index (χ4v) is 4.45. The van der Waals surface area contributed by atoms with Crippen LogP contribution in [0.4, 0.5) is 0 Å². The molecule has 0 unspecified atom stereocenters. The van der Waals surface area contributed by atoms with E-state index in [1.807, 2.05) is 0 Å². The minimum atomic E-state index is -1.57. The van der Waals surface area contributed by atoms with E-state index in [0.717, 1.165) is 5.92 Å². The molecule has 2 aliphatic rings. The molecule has 0 spiro atoms. The third kappa shape index (κ3) is 2.39. The molecule has 0 aromatic carbocycles. The normalized spacial score (nSPS) is 37.5. The molecule has 2 heteroatoms. The SMILES string of the molecule is CC(C)(C)[Si](C)(C)O[C@@H]1C[C@@H]2CC=C[C@]2(C)C1. The highest BCUT2D eigenvalue weighted by Gasteiger charge is 2.47. The lowest BCUT2D eigenvalue weighted by Crippen LogP contribution is -2.43. The zero-order valence-electron chi connectivity index (χ0n) is 12.3. The predicted molar refractivity (Wildman–Crippen MR) is 76.7 cm³/mol. The molecule has 0 bridgehead atoms. The fraction of sp³-hybridized carbons (Fsp3) is 0.867. The van der Waals surface area contributed by atoms with E-state index in [1.54, 1.807) is 0 Å². The van der Waals surface area contributed by atoms with Crippen molar-refractivity contribution in [2.75, 3.05) is 0 Å². The highest BCUT2D eigenvalue weighted by atomic mass is 28.4. The second-order valence-electron chi connectivity index (χ2n) is 7.78. The first-order chi connectivity index (χ1) is 7.64. The van der Waals surface area contributed by atoms with Crippen LogP contribution in [0.25, 0.3) is 0 Å². The summed E-state index contributed by atoms with van der Waals surface area (Å²) in [7, 11) is -1.57. The van der Waals surface area contributed by atoms with Crippen LogP contribution in [0, 0.1) is 11.3 Å². The summed E-state index contributed by atoms with van der Waals surface area (Å²) in [4.78, 5) is 0. The third-order valence-electron chi connectivity index (χ3n) is 5.33. The summed E-state index contributed by atoms with van der Waals surface area (Å²) in [5, 5.41) is 0.335. The molecule has 17 heavy (non-hydrogen) atoms. The summed E-state index contributed by atoms with van der Waals surface area (Å²) in [6.45, 7) is 14.2. The second-order valence-corrected chi connectivity index (χ2v) is 12.5. The van der Waals surface area contributed by atoms with Crippen LogP contribution in [0.1, 0.15) is 47.0 Å². The molecule has 2 rings (SSSR count). The lowest BCUT2D eigenvalue weighted by atomic mass is 9.83. The number of hydrogen-bond acceptors (Lipinski definition) is 1. The molecule has 0 radical (unpaired) electrons. The van der Waals surface area contributed by atoms with Gasteiger partial charge in [-0.1, -0.05) is 39.8 Å². The van der Waals surface area contributed by atoms with Gasteiger partial charge in [0.25, 0.3) is 0 Å². The van der Waals surface area contributed by atoms with Gasteiger partial charge in [0.1, 0.15) is 0 Å². The average Bonchev–Trinajstić information content (AvgIpc) is 2.55. The molecule has 1 nitrogen and oxygen atoms in total. The Balaban J connectivity index is 2.01. The minimum absolute atomic E-state index is 0.335. The standard InChI is InChI=1S/C15H28OSi/c1-14(2,3)17(5,6)16-13-10-12-8-7-9-15(12,4)11-13/h7,9,12-13H,8,10-11H2,1-6H3/t12-,13+,15+/m0/s1. The van der Waals surface area contributed by atoms with Crippen LogP contribution in [0.5, 0.6) is 0 Å². The second kappa shape index (κ2) is 3.96. The molecule has 3 atom stereocenters.